The van der Waals surface area contributed by atoms with E-state index in [0.717, 1.165) is 28.0 Å². The summed E-state index contributed by atoms with van der Waals surface area (Å²) in [6.45, 7) is 6.74. The summed E-state index contributed by atoms with van der Waals surface area (Å²) in [5, 5.41) is 0. The van der Waals surface area contributed by atoms with Crippen molar-refractivity contribution in [1.29, 1.82) is 0 Å². The van der Waals surface area contributed by atoms with E-state index >= 15 is 0 Å². The van der Waals surface area contributed by atoms with E-state index in [2.05, 4.69) is 0 Å². The number of methoxy groups -OCH3 is 1. The number of sulfonamides is 1. The average Bonchev–Trinajstić information content (AvgIpc) is 3.09. The molecule has 2 saturated heterocycles. The van der Waals surface area contributed by atoms with E-state index in [1.807, 2.05) is 26.8 Å². The first-order chi connectivity index (χ1) is 16.0. The first-order valence-corrected chi connectivity index (χ1v) is 13.0. The lowest BCUT2D eigenvalue weighted by Gasteiger charge is -2.36. The smallest absolute Gasteiger partial charge is 0.410 e. The number of rotatable bonds is 6. The van der Waals surface area contributed by atoms with E-state index in [-0.39, 0.29) is 31.2 Å². The lowest BCUT2D eigenvalue weighted by molar-refractivity contribution is 0.0171. The van der Waals surface area contributed by atoms with Crippen LogP contribution in [0.1, 0.15) is 40.7 Å². The van der Waals surface area contributed by atoms with E-state index in [0.29, 0.717) is 24.9 Å². The predicted molar refractivity (Wildman–Crippen MR) is 127 cm³/mol. The lowest BCUT2D eigenvalue weighted by atomic mass is 9.92. The molecule has 0 radical (unpaired) electrons. The minimum absolute atomic E-state index is 0.0816. The third kappa shape index (κ3) is 4.63. The fraction of sp³-hybridized carbons (Fsp3) is 0.480. The Balaban J connectivity index is 1.43. The van der Waals surface area contributed by atoms with E-state index in [1.165, 1.54) is 15.3 Å². The van der Waals surface area contributed by atoms with Crippen LogP contribution < -0.4 is 4.74 Å². The average molecular weight is 491 g/mol. The summed E-state index contributed by atoms with van der Waals surface area (Å²) < 4.78 is 53.2. The van der Waals surface area contributed by atoms with E-state index < -0.39 is 21.7 Å². The maximum absolute atomic E-state index is 14.0. The molecule has 2 heterocycles. The minimum Gasteiger partial charge on any atom is -0.496 e. The van der Waals surface area contributed by atoms with Crippen molar-refractivity contribution < 1.29 is 27.1 Å². The third-order valence-electron chi connectivity index (χ3n) is 7.14. The zero-order chi connectivity index (χ0) is 24.7. The lowest BCUT2D eigenvalue weighted by Crippen LogP contribution is -2.49. The van der Waals surface area contributed by atoms with Gasteiger partial charge < -0.3 is 9.47 Å². The molecule has 7 nitrogen and oxygen atoms in total. The van der Waals surface area contributed by atoms with Gasteiger partial charge in [-0.05, 0) is 55.2 Å². The highest BCUT2D eigenvalue weighted by atomic mass is 32.2. The van der Waals surface area contributed by atoms with Gasteiger partial charge in [0.15, 0.2) is 0 Å². The topological polar surface area (TPSA) is 76.2 Å². The number of halogens is 1. The maximum atomic E-state index is 14.0. The van der Waals surface area contributed by atoms with Gasteiger partial charge >= 0.3 is 6.09 Å². The van der Waals surface area contributed by atoms with Crippen LogP contribution in [0, 0.1) is 26.6 Å². The first kappa shape index (κ1) is 24.5. The number of amides is 1. The van der Waals surface area contributed by atoms with E-state index in [4.69, 9.17) is 9.47 Å². The summed E-state index contributed by atoms with van der Waals surface area (Å²) in [4.78, 5) is 14.0. The van der Waals surface area contributed by atoms with Crippen molar-refractivity contribution in [3.63, 3.8) is 0 Å². The molecule has 0 saturated carbocycles. The molecule has 0 aromatic heterocycles. The Labute approximate surface area is 200 Å². The van der Waals surface area contributed by atoms with Crippen molar-refractivity contribution in [2.45, 2.75) is 51.5 Å². The molecule has 2 aliphatic heterocycles. The summed E-state index contributed by atoms with van der Waals surface area (Å²) >= 11 is 0. The molecule has 4 rings (SSSR count). The standard InChI is InChI=1S/C25H31FN2O5S/c1-17-13-23(32-4)19(3)18(2)21(17)15-34(30,31)28-11-9-25(10-12-28)16-27(24(29)33-25)14-20-7-5-6-8-22(20)26/h5-8,13H,9-12,14-16H2,1-4H3. The van der Waals surface area contributed by atoms with E-state index in [1.54, 1.807) is 25.3 Å². The molecule has 184 valence electrons. The Hall–Kier alpha value is -2.65. The molecule has 0 aliphatic carbocycles. The van der Waals surface area contributed by atoms with Crippen LogP contribution in [0.3, 0.4) is 0 Å². The van der Waals surface area contributed by atoms with Crippen molar-refractivity contribution >= 4 is 16.1 Å². The SMILES string of the molecule is COc1cc(C)c(CS(=O)(=O)N2CCC3(CC2)CN(Cc2ccccc2F)C(=O)O3)c(C)c1C. The number of nitrogens with zero attached hydrogens (tertiary/aromatic N) is 2. The molecule has 0 bridgehead atoms. The zero-order valence-corrected chi connectivity index (χ0v) is 20.9. The maximum Gasteiger partial charge on any atom is 0.410 e. The second kappa shape index (κ2) is 9.19. The van der Waals surface area contributed by atoms with Gasteiger partial charge in [-0.3, -0.25) is 4.90 Å². The van der Waals surface area contributed by atoms with Gasteiger partial charge in [-0.2, -0.15) is 0 Å². The van der Waals surface area contributed by atoms with Gasteiger partial charge in [0.05, 0.1) is 26.0 Å². The van der Waals surface area contributed by atoms with Crippen molar-refractivity contribution in [1.82, 2.24) is 9.21 Å². The number of ether oxygens (including phenoxy) is 2. The van der Waals surface area contributed by atoms with Gasteiger partial charge in [0.1, 0.15) is 17.2 Å². The number of piperidine rings is 1. The van der Waals surface area contributed by atoms with Crippen LogP contribution in [0.15, 0.2) is 30.3 Å². The van der Waals surface area contributed by atoms with Crippen LogP contribution in [0.25, 0.3) is 0 Å². The summed E-state index contributed by atoms with van der Waals surface area (Å²) in [7, 11) is -1.95. The molecular weight excluding hydrogens is 459 g/mol. The van der Waals surface area contributed by atoms with Crippen LogP contribution in [0.2, 0.25) is 0 Å². The monoisotopic (exact) mass is 490 g/mol. The molecule has 2 aromatic rings. The summed E-state index contributed by atoms with van der Waals surface area (Å²) in [5.74, 6) is 0.303. The normalized spacial score (nSPS) is 18.4. The number of hydrogen-bond donors (Lipinski definition) is 0. The number of carbonyl (C=O) groups excluding carboxylic acids is 1. The Morgan fingerprint density at radius 3 is 2.44 bits per heavy atom. The second-order valence-electron chi connectivity index (χ2n) is 9.28. The van der Waals surface area contributed by atoms with Crippen molar-refractivity contribution in [3.8, 4) is 5.75 Å². The third-order valence-corrected chi connectivity index (χ3v) is 8.95. The molecule has 0 unspecified atom stereocenters. The van der Waals surface area contributed by atoms with Crippen LogP contribution >= 0.6 is 0 Å². The summed E-state index contributed by atoms with van der Waals surface area (Å²) in [5.41, 5.74) is 3.22. The molecular formula is C25H31FN2O5S. The molecule has 1 amide bonds. The fourth-order valence-corrected chi connectivity index (χ4v) is 6.62. The summed E-state index contributed by atoms with van der Waals surface area (Å²) in [6.07, 6.45) is 0.330. The second-order valence-corrected chi connectivity index (χ2v) is 11.2. The van der Waals surface area contributed by atoms with Gasteiger partial charge in [0, 0.05) is 31.5 Å². The number of hydrogen-bond acceptors (Lipinski definition) is 5. The van der Waals surface area contributed by atoms with E-state index in [9.17, 15) is 17.6 Å². The molecule has 34 heavy (non-hydrogen) atoms. The quantitative estimate of drug-likeness (QED) is 0.610. The number of aryl methyl sites for hydroxylation is 1. The van der Waals surface area contributed by atoms with Crippen molar-refractivity contribution in [3.05, 3.63) is 64.0 Å². The first-order valence-electron chi connectivity index (χ1n) is 11.4. The molecule has 9 heteroatoms. The van der Waals surface area contributed by atoms with Gasteiger partial charge in [-0.15, -0.1) is 0 Å². The molecule has 2 aromatic carbocycles. The van der Waals surface area contributed by atoms with Gasteiger partial charge in [0.2, 0.25) is 10.0 Å². The Morgan fingerprint density at radius 2 is 1.79 bits per heavy atom. The van der Waals surface area contributed by atoms with Crippen molar-refractivity contribution in [2.24, 2.45) is 0 Å². The molecule has 0 atom stereocenters. The van der Waals surface area contributed by atoms with Crippen molar-refractivity contribution in [2.75, 3.05) is 26.7 Å². The summed E-state index contributed by atoms with van der Waals surface area (Å²) in [6, 6.07) is 8.22. The molecule has 0 N–H and O–H groups in total. The number of carbonyl (C=O) groups is 1. The zero-order valence-electron chi connectivity index (χ0n) is 20.1. The van der Waals surface area contributed by atoms with Gasteiger partial charge in [-0.1, -0.05) is 18.2 Å². The Bertz CT molecular complexity index is 1210. The van der Waals surface area contributed by atoms with Gasteiger partial charge in [0.25, 0.3) is 0 Å². The highest BCUT2D eigenvalue weighted by molar-refractivity contribution is 7.88. The Morgan fingerprint density at radius 1 is 1.12 bits per heavy atom. The van der Waals surface area contributed by atoms with Crippen LogP contribution in [0.4, 0.5) is 9.18 Å². The fourth-order valence-electron chi connectivity index (χ4n) is 4.89. The van der Waals surface area contributed by atoms with Crippen LogP contribution in [-0.2, 0) is 27.1 Å². The highest BCUT2D eigenvalue weighted by Crippen LogP contribution is 2.36. The Kier molecular flexibility index (Phi) is 6.61. The molecule has 1 spiro atoms. The highest BCUT2D eigenvalue weighted by Gasteiger charge is 2.48. The van der Waals surface area contributed by atoms with Gasteiger partial charge in [-0.25, -0.2) is 21.9 Å². The minimum atomic E-state index is -3.56. The largest absolute Gasteiger partial charge is 0.496 e. The molecule has 2 aliphatic rings. The predicted octanol–water partition coefficient (Wildman–Crippen LogP) is 4.08. The number of benzene rings is 2. The van der Waals surface area contributed by atoms with Crippen LogP contribution in [0.5, 0.6) is 5.75 Å². The van der Waals surface area contributed by atoms with Crippen LogP contribution in [-0.4, -0.2) is 56.1 Å². The molecule has 2 fully saturated rings.